The standard InChI is InChI=1S/C25H36O7/c1-15(26)29-13-19(27)24(28)7-5-17-16-12-20-25(32-20)9-8-23(30-10-11-31-23)14-22(25,3)18(16)4-6-21(17,24)2/h16-18,20,28H,4-14H2,1-3H3/t16-,17-,18-,20-,21-,22+,24-,25-/m0/s1. The number of Topliss-reactive ketones (excluding diaryl/α,β-unsaturated/α-hetero) is 1. The fourth-order valence-electron chi connectivity index (χ4n) is 9.24. The summed E-state index contributed by atoms with van der Waals surface area (Å²) in [5, 5.41) is 11.6. The van der Waals surface area contributed by atoms with Crippen molar-refractivity contribution >= 4 is 11.8 Å². The van der Waals surface area contributed by atoms with Crippen LogP contribution >= 0.6 is 0 Å². The molecule has 0 aromatic carbocycles. The maximum Gasteiger partial charge on any atom is 0.303 e. The largest absolute Gasteiger partial charge is 0.458 e. The molecule has 0 radical (unpaired) electrons. The number of hydrogen-bond donors (Lipinski definition) is 1. The minimum Gasteiger partial charge on any atom is -0.458 e. The van der Waals surface area contributed by atoms with Gasteiger partial charge in [0.15, 0.2) is 12.4 Å². The zero-order valence-electron chi connectivity index (χ0n) is 19.5. The van der Waals surface area contributed by atoms with Crippen molar-refractivity contribution < 1.29 is 33.6 Å². The molecule has 2 aliphatic heterocycles. The van der Waals surface area contributed by atoms with E-state index in [2.05, 4.69) is 13.8 Å². The lowest BCUT2D eigenvalue weighted by molar-refractivity contribution is -0.237. The van der Waals surface area contributed by atoms with E-state index in [0.29, 0.717) is 31.5 Å². The highest BCUT2D eigenvalue weighted by molar-refractivity contribution is 5.90. The van der Waals surface area contributed by atoms with Gasteiger partial charge in [-0.3, -0.25) is 9.59 Å². The van der Waals surface area contributed by atoms with E-state index in [1.54, 1.807) is 0 Å². The number of aliphatic hydroxyl groups is 1. The smallest absolute Gasteiger partial charge is 0.303 e. The summed E-state index contributed by atoms with van der Waals surface area (Å²) in [4.78, 5) is 24.3. The molecule has 6 aliphatic rings. The summed E-state index contributed by atoms with van der Waals surface area (Å²) in [6.07, 6.45) is 7.08. The molecule has 1 N–H and O–H groups in total. The maximum absolute atomic E-state index is 13.0. The summed E-state index contributed by atoms with van der Waals surface area (Å²) in [7, 11) is 0. The topological polar surface area (TPSA) is 94.6 Å². The highest BCUT2D eigenvalue weighted by atomic mass is 16.7. The summed E-state index contributed by atoms with van der Waals surface area (Å²) in [6, 6.07) is 0. The fraction of sp³-hybridized carbons (Fsp3) is 0.920. The molecule has 6 rings (SSSR count). The number of esters is 1. The van der Waals surface area contributed by atoms with Gasteiger partial charge in [-0.2, -0.15) is 0 Å². The molecule has 7 nitrogen and oxygen atoms in total. The second kappa shape index (κ2) is 6.55. The van der Waals surface area contributed by atoms with Crippen LogP contribution in [-0.4, -0.2) is 59.8 Å². The molecule has 7 heteroatoms. The summed E-state index contributed by atoms with van der Waals surface area (Å²) < 4.78 is 23.8. The second-order valence-corrected chi connectivity index (χ2v) is 11.9. The average molecular weight is 449 g/mol. The summed E-state index contributed by atoms with van der Waals surface area (Å²) in [6.45, 7) is 6.77. The van der Waals surface area contributed by atoms with E-state index < -0.39 is 22.8 Å². The van der Waals surface area contributed by atoms with E-state index in [1.807, 2.05) is 0 Å². The number of carbonyl (C=O) groups is 2. The molecule has 0 unspecified atom stereocenters. The molecule has 178 valence electrons. The Bertz CT molecular complexity index is 851. The molecule has 0 aromatic rings. The number of hydrogen-bond acceptors (Lipinski definition) is 7. The van der Waals surface area contributed by atoms with Gasteiger partial charge in [0, 0.05) is 30.6 Å². The van der Waals surface area contributed by atoms with Crippen LogP contribution in [0.15, 0.2) is 0 Å². The molecule has 2 heterocycles. The van der Waals surface area contributed by atoms with Crippen molar-refractivity contribution in [2.24, 2.45) is 28.6 Å². The molecular formula is C25H36O7. The van der Waals surface area contributed by atoms with Gasteiger partial charge in [0.2, 0.25) is 5.78 Å². The first-order valence-electron chi connectivity index (χ1n) is 12.4. The van der Waals surface area contributed by atoms with E-state index in [1.165, 1.54) is 6.92 Å². The number of rotatable bonds is 3. The van der Waals surface area contributed by atoms with Crippen LogP contribution in [0.3, 0.4) is 0 Å². The molecule has 0 bridgehead atoms. The minimum absolute atomic E-state index is 0.0209. The molecule has 2 saturated heterocycles. The van der Waals surface area contributed by atoms with Crippen LogP contribution in [0.2, 0.25) is 0 Å². The Hall–Kier alpha value is -1.02. The number of epoxide rings is 1. The SMILES string of the molecule is CC(=O)OCC(=O)[C@@]1(O)CC[C@H]2[C@@H]3C[C@@H]4O[C@@]45CCC4(C[C@]5(C)[C@H]3CC[C@@]21C)OCCO4. The van der Waals surface area contributed by atoms with Crippen LogP contribution in [0.1, 0.15) is 72.1 Å². The van der Waals surface area contributed by atoms with Crippen molar-refractivity contribution in [3.8, 4) is 0 Å². The Labute approximate surface area is 189 Å². The predicted octanol–water partition coefficient (Wildman–Crippen LogP) is 2.77. The van der Waals surface area contributed by atoms with Crippen LogP contribution in [0.5, 0.6) is 0 Å². The van der Waals surface area contributed by atoms with Crippen LogP contribution in [-0.2, 0) is 28.5 Å². The minimum atomic E-state index is -1.43. The Morgan fingerprint density at radius 1 is 1.00 bits per heavy atom. The van der Waals surface area contributed by atoms with E-state index in [4.69, 9.17) is 18.9 Å². The van der Waals surface area contributed by atoms with Crippen LogP contribution < -0.4 is 0 Å². The first kappa shape index (κ1) is 21.5. The molecule has 4 saturated carbocycles. The number of carbonyl (C=O) groups excluding carboxylic acids is 2. The molecule has 32 heavy (non-hydrogen) atoms. The second-order valence-electron chi connectivity index (χ2n) is 11.9. The Kier molecular flexibility index (Phi) is 4.41. The maximum atomic E-state index is 13.0. The third-order valence-corrected chi connectivity index (χ3v) is 10.9. The van der Waals surface area contributed by atoms with Gasteiger partial charge in [-0.05, 0) is 56.3 Å². The van der Waals surface area contributed by atoms with Crippen LogP contribution in [0, 0.1) is 28.6 Å². The lowest BCUT2D eigenvalue weighted by Gasteiger charge is -2.61. The molecule has 2 spiro atoms. The van der Waals surface area contributed by atoms with Gasteiger partial charge in [-0.25, -0.2) is 0 Å². The van der Waals surface area contributed by atoms with Crippen LogP contribution in [0.4, 0.5) is 0 Å². The molecule has 6 fully saturated rings. The Morgan fingerprint density at radius 2 is 1.69 bits per heavy atom. The Morgan fingerprint density at radius 3 is 2.41 bits per heavy atom. The first-order chi connectivity index (χ1) is 15.1. The zero-order valence-corrected chi connectivity index (χ0v) is 19.5. The van der Waals surface area contributed by atoms with Crippen LogP contribution in [0.25, 0.3) is 0 Å². The lowest BCUT2D eigenvalue weighted by atomic mass is 9.43. The molecule has 0 aromatic heterocycles. The van der Waals surface area contributed by atoms with Crippen molar-refractivity contribution in [3.05, 3.63) is 0 Å². The summed E-state index contributed by atoms with van der Waals surface area (Å²) in [5.74, 6) is -0.165. The lowest BCUT2D eigenvalue weighted by Crippen LogP contribution is -2.63. The predicted molar refractivity (Wildman–Crippen MR) is 112 cm³/mol. The quantitative estimate of drug-likeness (QED) is 0.524. The molecule has 4 aliphatic carbocycles. The highest BCUT2D eigenvalue weighted by Crippen LogP contribution is 2.75. The van der Waals surface area contributed by atoms with Gasteiger partial charge < -0.3 is 24.1 Å². The van der Waals surface area contributed by atoms with Gasteiger partial charge >= 0.3 is 5.97 Å². The van der Waals surface area contributed by atoms with E-state index >= 15 is 0 Å². The van der Waals surface area contributed by atoms with Crippen molar-refractivity contribution in [1.29, 1.82) is 0 Å². The monoisotopic (exact) mass is 448 g/mol. The third kappa shape index (κ3) is 2.51. The van der Waals surface area contributed by atoms with E-state index in [0.717, 1.165) is 44.9 Å². The van der Waals surface area contributed by atoms with E-state index in [9.17, 15) is 14.7 Å². The number of ether oxygens (including phenoxy) is 4. The van der Waals surface area contributed by atoms with Crippen molar-refractivity contribution in [3.63, 3.8) is 0 Å². The van der Waals surface area contributed by atoms with Gasteiger partial charge in [0.25, 0.3) is 0 Å². The first-order valence-corrected chi connectivity index (χ1v) is 12.4. The molecule has 0 amide bonds. The zero-order chi connectivity index (χ0) is 22.6. The number of fused-ring (bicyclic) bond motifs is 4. The van der Waals surface area contributed by atoms with Gasteiger partial charge in [-0.1, -0.05) is 13.8 Å². The third-order valence-electron chi connectivity index (χ3n) is 10.9. The van der Waals surface area contributed by atoms with Crippen molar-refractivity contribution in [2.75, 3.05) is 19.8 Å². The van der Waals surface area contributed by atoms with Gasteiger partial charge in [0.1, 0.15) is 11.2 Å². The summed E-state index contributed by atoms with van der Waals surface area (Å²) >= 11 is 0. The van der Waals surface area contributed by atoms with Crippen molar-refractivity contribution in [1.82, 2.24) is 0 Å². The fourth-order valence-corrected chi connectivity index (χ4v) is 9.24. The Balaban J connectivity index is 1.29. The normalized spacial score (nSPS) is 52.5. The average Bonchev–Trinajstić information content (AvgIpc) is 3.16. The van der Waals surface area contributed by atoms with Gasteiger partial charge in [0.05, 0.1) is 19.3 Å². The number of ketones is 1. The van der Waals surface area contributed by atoms with E-state index in [-0.39, 0.29) is 35.4 Å². The molecular weight excluding hydrogens is 412 g/mol. The van der Waals surface area contributed by atoms with Gasteiger partial charge in [-0.15, -0.1) is 0 Å². The van der Waals surface area contributed by atoms with Crippen molar-refractivity contribution in [2.45, 2.75) is 95.2 Å². The highest BCUT2D eigenvalue weighted by Gasteiger charge is 2.78. The molecule has 8 atom stereocenters. The summed E-state index contributed by atoms with van der Waals surface area (Å²) in [5.41, 5.74) is -2.00.